The zero-order valence-electron chi connectivity index (χ0n) is 73.1. The number of carbonyl (C=O) groups is 12. The van der Waals surface area contributed by atoms with Crippen LogP contribution in [0.5, 0.6) is 34.5 Å². The lowest BCUT2D eigenvalue weighted by Gasteiger charge is -2.09. The van der Waals surface area contributed by atoms with Gasteiger partial charge in [0.1, 0.15) is 34.5 Å². The first-order chi connectivity index (χ1) is 60.9. The van der Waals surface area contributed by atoms with Gasteiger partial charge in [0.2, 0.25) is 0 Å². The fourth-order valence-electron chi connectivity index (χ4n) is 12.5. The molecule has 5 rings (SSSR count). The highest BCUT2D eigenvalue weighted by atomic mass is 16.6. The average Bonchev–Trinajstić information content (AvgIpc) is 0.839. The standard InChI is InChI=1S/C98H132O27/c1-2-87(100)115-67-31-8-7-29-65-113-81-56-52-79(53-57-81)98(111)125-83-60-58-82(59-61-83)124-97(110)78-50-54-80(55-51-78)112-64-28-5-3-4-6-30-68-116-88(101)43-21-11-33-70-118-90(103)45-23-13-35-72-120-92(105)47-25-15-37-74-122-94(107)49-27-17-39-75-123-95(108)48-26-16-38-73-121-93(106)46-24-14-36-71-119-91(104)44-22-12-34-69-117-89(102)42-20-10-32-66-114-84-62-63-85(86(99)76-84)96(109)77-40-18-9-19-41-77/h2,9,18-19,40-41,50-63,76,99H,1,3-8,10-17,20-39,42-49,64-75H2. The molecule has 0 saturated carbocycles. The van der Waals surface area contributed by atoms with Crippen LogP contribution in [0.2, 0.25) is 0 Å². The van der Waals surface area contributed by atoms with Crippen LogP contribution >= 0.6 is 0 Å². The largest absolute Gasteiger partial charge is 0.507 e. The summed E-state index contributed by atoms with van der Waals surface area (Å²) in [5.41, 5.74) is 1.39. The Kier molecular flexibility index (Phi) is 57.0. The van der Waals surface area contributed by atoms with Gasteiger partial charge in [0.15, 0.2) is 5.78 Å². The SMILES string of the molecule is C=CC(=O)OCCCCCCOc1ccc(C(=O)Oc2ccc(OC(=O)c3ccc(OCCCCCCCCOC(=O)CCCCCOC(=O)CCCCCOC(=O)CCCCCOC(=O)CCCCCOC(=O)CCCCCOC(=O)CCCCCOC(=O)CCCCCOC(=O)CCCCCOc4ccc(C(=O)c5ccccc5)c(O)c4)cc3)cc2)cc1. The minimum Gasteiger partial charge on any atom is -0.507 e. The molecule has 0 heterocycles. The molecule has 686 valence electrons. The monoisotopic (exact) mass is 1740 g/mol. The topological polar surface area (TPSA) is 354 Å². The van der Waals surface area contributed by atoms with Crippen LogP contribution in [-0.2, 0) is 85.8 Å². The van der Waals surface area contributed by atoms with Gasteiger partial charge in [0, 0.05) is 69.1 Å². The summed E-state index contributed by atoms with van der Waals surface area (Å²) in [4.78, 5) is 147. The van der Waals surface area contributed by atoms with E-state index < -0.39 is 17.9 Å². The molecule has 0 aliphatic carbocycles. The molecule has 0 aliphatic rings. The number of rotatable bonds is 74. The summed E-state index contributed by atoms with van der Waals surface area (Å²) in [5, 5.41) is 10.4. The van der Waals surface area contributed by atoms with E-state index in [2.05, 4.69) is 6.58 Å². The van der Waals surface area contributed by atoms with Crippen LogP contribution in [0.25, 0.3) is 0 Å². The fraction of sp³-hybridized carbons (Fsp3) is 0.551. The molecule has 125 heavy (non-hydrogen) atoms. The lowest BCUT2D eigenvalue weighted by atomic mass is 10.0. The molecule has 0 atom stereocenters. The predicted octanol–water partition coefficient (Wildman–Crippen LogP) is 19.4. The molecule has 0 unspecified atom stereocenters. The van der Waals surface area contributed by atoms with Crippen molar-refractivity contribution in [3.8, 4) is 34.5 Å². The maximum atomic E-state index is 12.8. The highest BCUT2D eigenvalue weighted by Gasteiger charge is 2.18. The normalized spacial score (nSPS) is 10.8. The lowest BCUT2D eigenvalue weighted by Crippen LogP contribution is -2.10. The maximum absolute atomic E-state index is 12.8. The minimum atomic E-state index is -0.546. The molecule has 27 heteroatoms. The van der Waals surface area contributed by atoms with E-state index in [9.17, 15) is 62.6 Å². The predicted molar refractivity (Wildman–Crippen MR) is 466 cm³/mol. The van der Waals surface area contributed by atoms with Gasteiger partial charge in [-0.25, -0.2) is 14.4 Å². The summed E-state index contributed by atoms with van der Waals surface area (Å²) in [6.07, 6.45) is 28.5. The highest BCUT2D eigenvalue weighted by molar-refractivity contribution is 6.10. The van der Waals surface area contributed by atoms with Gasteiger partial charge in [0.25, 0.3) is 0 Å². The number of phenolic OH excluding ortho intramolecular Hbond substituents is 1. The maximum Gasteiger partial charge on any atom is 0.343 e. The van der Waals surface area contributed by atoms with Crippen LogP contribution in [0, 0.1) is 0 Å². The number of unbranched alkanes of at least 4 members (excludes halogenated alkanes) is 24. The van der Waals surface area contributed by atoms with Gasteiger partial charge in [0.05, 0.1) is 96.0 Å². The zero-order chi connectivity index (χ0) is 89.6. The van der Waals surface area contributed by atoms with Gasteiger partial charge in [-0.3, -0.25) is 43.2 Å². The van der Waals surface area contributed by atoms with Crippen LogP contribution in [-0.4, -0.2) is 156 Å². The molecule has 0 radical (unpaired) electrons. The van der Waals surface area contributed by atoms with E-state index in [0.717, 1.165) is 89.5 Å². The van der Waals surface area contributed by atoms with Crippen molar-refractivity contribution in [3.05, 3.63) is 156 Å². The van der Waals surface area contributed by atoms with Crippen LogP contribution < -0.4 is 23.7 Å². The molecule has 0 amide bonds. The molecule has 0 bridgehead atoms. The Morgan fingerprint density at radius 3 is 0.744 bits per heavy atom. The first-order valence-electron chi connectivity index (χ1n) is 45.0. The second kappa shape index (κ2) is 68.3. The van der Waals surface area contributed by atoms with Gasteiger partial charge in [-0.05, 0) is 278 Å². The van der Waals surface area contributed by atoms with Crippen LogP contribution in [0.4, 0.5) is 0 Å². The second-order valence-electron chi connectivity index (χ2n) is 30.4. The highest BCUT2D eigenvalue weighted by Crippen LogP contribution is 2.28. The summed E-state index contributed by atoms with van der Waals surface area (Å²) in [6.45, 7) is 7.55. The first kappa shape index (κ1) is 104. The van der Waals surface area contributed by atoms with Crippen molar-refractivity contribution in [3.63, 3.8) is 0 Å². The second-order valence-corrected chi connectivity index (χ2v) is 30.4. The Hall–Kier alpha value is -11.1. The third-order valence-corrected chi connectivity index (χ3v) is 19.8. The van der Waals surface area contributed by atoms with E-state index in [1.54, 1.807) is 109 Å². The molecule has 0 saturated heterocycles. The van der Waals surface area contributed by atoms with Crippen molar-refractivity contribution in [1.82, 2.24) is 0 Å². The number of hydrogen-bond acceptors (Lipinski definition) is 27. The van der Waals surface area contributed by atoms with E-state index >= 15 is 0 Å². The van der Waals surface area contributed by atoms with Gasteiger partial charge in [-0.1, -0.05) is 62.6 Å². The fourth-order valence-corrected chi connectivity index (χ4v) is 12.5. The van der Waals surface area contributed by atoms with Crippen molar-refractivity contribution >= 4 is 71.4 Å². The third kappa shape index (κ3) is 53.0. The first-order valence-corrected chi connectivity index (χ1v) is 45.0. The summed E-state index contributed by atoms with van der Waals surface area (Å²) in [5.74, 6) is -1.82. The minimum absolute atomic E-state index is 0.146. The number of ether oxygens (including phenoxy) is 14. The summed E-state index contributed by atoms with van der Waals surface area (Å²) >= 11 is 0. The molecule has 0 spiro atoms. The Morgan fingerprint density at radius 2 is 0.472 bits per heavy atom. The van der Waals surface area contributed by atoms with Crippen LogP contribution in [0.3, 0.4) is 0 Å². The molecular formula is C98H132O27. The summed E-state index contributed by atoms with van der Waals surface area (Å²) in [7, 11) is 0. The number of ketones is 1. The molecule has 0 aliphatic heterocycles. The number of hydrogen-bond donors (Lipinski definition) is 1. The molecule has 0 aromatic heterocycles. The molecular weight excluding hydrogens is 1610 g/mol. The van der Waals surface area contributed by atoms with E-state index in [1.165, 1.54) is 6.07 Å². The lowest BCUT2D eigenvalue weighted by molar-refractivity contribution is -0.146. The van der Waals surface area contributed by atoms with Crippen molar-refractivity contribution in [1.29, 1.82) is 0 Å². The average molecular weight is 1740 g/mol. The summed E-state index contributed by atoms with van der Waals surface area (Å²) in [6, 6.07) is 32.9. The number of aromatic hydroxyl groups is 1. The van der Waals surface area contributed by atoms with E-state index in [-0.39, 0.29) is 148 Å². The smallest absolute Gasteiger partial charge is 0.343 e. The van der Waals surface area contributed by atoms with Crippen molar-refractivity contribution in [2.45, 2.75) is 270 Å². The number of carbonyl (C=O) groups excluding carboxylic acids is 12. The number of phenols is 1. The van der Waals surface area contributed by atoms with Gasteiger partial charge >= 0.3 is 65.7 Å². The van der Waals surface area contributed by atoms with E-state index in [1.807, 2.05) is 6.07 Å². The Balaban J connectivity index is 0.677. The van der Waals surface area contributed by atoms with Crippen molar-refractivity contribution in [2.24, 2.45) is 0 Å². The Morgan fingerprint density at radius 1 is 0.240 bits per heavy atom. The van der Waals surface area contributed by atoms with Crippen LogP contribution in [0.1, 0.15) is 306 Å². The van der Waals surface area contributed by atoms with Crippen LogP contribution in [0.15, 0.2) is 134 Å². The zero-order valence-corrected chi connectivity index (χ0v) is 73.1. The molecule has 5 aromatic rings. The Bertz CT molecular complexity index is 3910. The Labute approximate surface area is 736 Å². The number of esters is 11. The van der Waals surface area contributed by atoms with Gasteiger partial charge in [-0.2, -0.15) is 0 Å². The van der Waals surface area contributed by atoms with Crippen molar-refractivity contribution in [2.75, 3.05) is 79.3 Å². The number of benzene rings is 5. The third-order valence-electron chi connectivity index (χ3n) is 19.8. The molecule has 5 aromatic carbocycles. The molecule has 1 N–H and O–H groups in total. The van der Waals surface area contributed by atoms with Gasteiger partial charge < -0.3 is 71.4 Å². The van der Waals surface area contributed by atoms with E-state index in [0.29, 0.717) is 228 Å². The molecule has 0 fully saturated rings. The quantitative estimate of drug-likeness (QED) is 0.00943. The van der Waals surface area contributed by atoms with Crippen molar-refractivity contribution < 1.29 is 129 Å². The van der Waals surface area contributed by atoms with Gasteiger partial charge in [-0.15, -0.1) is 0 Å². The van der Waals surface area contributed by atoms with E-state index in [4.69, 9.17) is 66.3 Å². The summed E-state index contributed by atoms with van der Waals surface area (Å²) < 4.78 is 76.0. The molecule has 27 nitrogen and oxygen atoms in total.